The van der Waals surface area contributed by atoms with Gasteiger partial charge in [0.05, 0.1) is 16.2 Å². The molecule has 1 aromatic carbocycles. The van der Waals surface area contributed by atoms with Crippen molar-refractivity contribution < 1.29 is 4.39 Å². The molecular weight excluding hydrogens is 311 g/mol. The number of hydrogen-bond acceptors (Lipinski definition) is 3. The number of hydrogen-bond donors (Lipinski definition) is 2. The molecule has 2 aromatic rings. The Balaban J connectivity index is 2.30. The normalized spacial score (nSPS) is 12.7. The maximum Gasteiger partial charge on any atom is 0.142 e. The van der Waals surface area contributed by atoms with Crippen LogP contribution >= 0.6 is 15.9 Å². The summed E-state index contributed by atoms with van der Waals surface area (Å²) in [5.41, 5.74) is 5.14. The van der Waals surface area contributed by atoms with Gasteiger partial charge in [0.1, 0.15) is 5.82 Å². The van der Waals surface area contributed by atoms with Crippen LogP contribution in [0.4, 0.5) is 4.39 Å². The summed E-state index contributed by atoms with van der Waals surface area (Å²) in [5, 5.41) is 4.28. The molecule has 0 saturated carbocycles. The topological polar surface area (TPSA) is 55.9 Å². The van der Waals surface area contributed by atoms with E-state index < -0.39 is 0 Å². The van der Waals surface area contributed by atoms with E-state index in [1.54, 1.807) is 22.9 Å². The number of nitrogens with one attached hydrogen (secondary N) is 1. The molecule has 0 amide bonds. The molecule has 1 aromatic heterocycles. The Morgan fingerprint density at radius 2 is 2.26 bits per heavy atom. The van der Waals surface area contributed by atoms with E-state index in [-0.39, 0.29) is 11.9 Å². The maximum absolute atomic E-state index is 14.1. The summed E-state index contributed by atoms with van der Waals surface area (Å²) in [5.74, 6) is 5.28. The highest BCUT2D eigenvalue weighted by atomic mass is 79.9. The number of halogens is 2. The number of aromatic nitrogens is 2. The van der Waals surface area contributed by atoms with Crippen molar-refractivity contribution in [1.29, 1.82) is 0 Å². The molecule has 0 bridgehead atoms. The molecule has 6 heteroatoms. The molecule has 2 rings (SSSR count). The van der Waals surface area contributed by atoms with Crippen LogP contribution in [-0.2, 0) is 13.5 Å². The van der Waals surface area contributed by atoms with Gasteiger partial charge in [0.15, 0.2) is 0 Å². The van der Waals surface area contributed by atoms with Crippen molar-refractivity contribution in [2.45, 2.75) is 19.4 Å². The van der Waals surface area contributed by atoms with Crippen molar-refractivity contribution in [2.24, 2.45) is 12.9 Å². The second kappa shape index (κ2) is 5.81. The van der Waals surface area contributed by atoms with Gasteiger partial charge in [-0.05, 0) is 35.0 Å². The molecule has 0 spiro atoms. The number of nitrogens with two attached hydrogens (primary N) is 1. The minimum Gasteiger partial charge on any atom is -0.272 e. The largest absolute Gasteiger partial charge is 0.272 e. The van der Waals surface area contributed by atoms with E-state index >= 15 is 0 Å². The molecule has 0 aliphatic carbocycles. The van der Waals surface area contributed by atoms with Crippen LogP contribution in [0.1, 0.15) is 23.0 Å². The van der Waals surface area contributed by atoms with Crippen molar-refractivity contribution in [3.8, 4) is 0 Å². The minimum absolute atomic E-state index is 0.288. The summed E-state index contributed by atoms with van der Waals surface area (Å²) in [6.45, 7) is 1.92. The predicted molar refractivity (Wildman–Crippen MR) is 75.8 cm³/mol. The molecule has 0 saturated heterocycles. The van der Waals surface area contributed by atoms with E-state index in [1.165, 1.54) is 0 Å². The van der Waals surface area contributed by atoms with Crippen LogP contribution in [0.15, 0.2) is 28.7 Å². The van der Waals surface area contributed by atoms with Crippen molar-refractivity contribution in [3.63, 3.8) is 0 Å². The van der Waals surface area contributed by atoms with Crippen LogP contribution < -0.4 is 11.3 Å². The van der Waals surface area contributed by atoms with Gasteiger partial charge in [-0.15, -0.1) is 0 Å². The third-order valence-electron chi connectivity index (χ3n) is 3.07. The first kappa shape index (κ1) is 14.2. The van der Waals surface area contributed by atoms with E-state index in [0.29, 0.717) is 16.5 Å². The van der Waals surface area contributed by atoms with Gasteiger partial charge in [0.25, 0.3) is 0 Å². The Bertz CT molecular complexity index is 582. The van der Waals surface area contributed by atoms with Crippen LogP contribution in [0.25, 0.3) is 0 Å². The molecular formula is C13H16BrFN4. The van der Waals surface area contributed by atoms with Gasteiger partial charge >= 0.3 is 0 Å². The molecule has 1 unspecified atom stereocenters. The van der Waals surface area contributed by atoms with Crippen LogP contribution in [0.2, 0.25) is 0 Å². The number of nitrogens with zero attached hydrogens (tertiary/aromatic N) is 2. The Morgan fingerprint density at radius 3 is 2.84 bits per heavy atom. The lowest BCUT2D eigenvalue weighted by atomic mass is 10.0. The van der Waals surface area contributed by atoms with E-state index in [0.717, 1.165) is 11.4 Å². The van der Waals surface area contributed by atoms with E-state index in [9.17, 15) is 4.39 Å². The second-order valence-corrected chi connectivity index (χ2v) is 5.32. The fourth-order valence-electron chi connectivity index (χ4n) is 2.11. The molecule has 4 nitrogen and oxygen atoms in total. The minimum atomic E-state index is -0.299. The highest BCUT2D eigenvalue weighted by Crippen LogP contribution is 2.25. The second-order valence-electron chi connectivity index (χ2n) is 4.47. The molecule has 0 radical (unpaired) electrons. The number of aryl methyl sites for hydroxylation is 2. The summed E-state index contributed by atoms with van der Waals surface area (Å²) >= 11 is 3.19. The lowest BCUT2D eigenvalue weighted by molar-refractivity contribution is 0.495. The Hall–Kier alpha value is -1.24. The van der Waals surface area contributed by atoms with Gasteiger partial charge < -0.3 is 0 Å². The molecule has 0 aliphatic rings. The molecule has 1 heterocycles. The first-order valence-electron chi connectivity index (χ1n) is 5.92. The monoisotopic (exact) mass is 326 g/mol. The maximum atomic E-state index is 14.1. The van der Waals surface area contributed by atoms with Gasteiger partial charge in [0, 0.05) is 24.7 Å². The predicted octanol–water partition coefficient (Wildman–Crippen LogP) is 2.38. The SMILES string of the molecule is Cc1cc(CC(NN)c2cccc(Br)c2F)n(C)n1. The first-order valence-corrected chi connectivity index (χ1v) is 6.71. The molecule has 3 N–H and O–H groups in total. The average Bonchev–Trinajstić information content (AvgIpc) is 2.68. The van der Waals surface area contributed by atoms with Crippen LogP contribution in [0.5, 0.6) is 0 Å². The zero-order valence-electron chi connectivity index (χ0n) is 10.8. The Labute approximate surface area is 119 Å². The molecule has 102 valence electrons. The quantitative estimate of drug-likeness (QED) is 0.670. The summed E-state index contributed by atoms with van der Waals surface area (Å²) in [6.07, 6.45) is 0.571. The summed E-state index contributed by atoms with van der Waals surface area (Å²) in [6, 6.07) is 6.86. The summed E-state index contributed by atoms with van der Waals surface area (Å²) in [7, 11) is 1.87. The van der Waals surface area contributed by atoms with Crippen LogP contribution in [0.3, 0.4) is 0 Å². The Morgan fingerprint density at radius 1 is 1.53 bits per heavy atom. The standard InChI is InChI=1S/C13H16BrFN4/c1-8-6-9(19(2)18-8)7-12(17-16)10-4-3-5-11(14)13(10)15/h3-6,12,17H,7,16H2,1-2H3. The number of benzene rings is 1. The van der Waals surface area contributed by atoms with E-state index in [1.807, 2.05) is 20.0 Å². The van der Waals surface area contributed by atoms with Gasteiger partial charge in [-0.1, -0.05) is 12.1 Å². The lowest BCUT2D eigenvalue weighted by Gasteiger charge is -2.17. The number of hydrazine groups is 1. The van der Waals surface area contributed by atoms with Crippen molar-refractivity contribution in [2.75, 3.05) is 0 Å². The zero-order valence-corrected chi connectivity index (χ0v) is 12.4. The number of rotatable bonds is 4. The van der Waals surface area contributed by atoms with Crippen LogP contribution in [-0.4, -0.2) is 9.78 Å². The highest BCUT2D eigenvalue weighted by molar-refractivity contribution is 9.10. The highest BCUT2D eigenvalue weighted by Gasteiger charge is 2.18. The fraction of sp³-hybridized carbons (Fsp3) is 0.308. The van der Waals surface area contributed by atoms with Crippen molar-refractivity contribution >= 4 is 15.9 Å². The molecule has 19 heavy (non-hydrogen) atoms. The fourth-order valence-corrected chi connectivity index (χ4v) is 2.49. The van der Waals surface area contributed by atoms with Crippen LogP contribution in [0, 0.1) is 12.7 Å². The van der Waals surface area contributed by atoms with E-state index in [4.69, 9.17) is 5.84 Å². The van der Waals surface area contributed by atoms with Gasteiger partial charge in [-0.3, -0.25) is 16.0 Å². The van der Waals surface area contributed by atoms with Gasteiger partial charge in [0.2, 0.25) is 0 Å². The molecule has 0 fully saturated rings. The van der Waals surface area contributed by atoms with Gasteiger partial charge in [-0.2, -0.15) is 5.10 Å². The summed E-state index contributed by atoms with van der Waals surface area (Å²) in [4.78, 5) is 0. The molecule has 0 aliphatic heterocycles. The smallest absolute Gasteiger partial charge is 0.142 e. The first-order chi connectivity index (χ1) is 9.02. The van der Waals surface area contributed by atoms with Crippen molar-refractivity contribution in [3.05, 3.63) is 51.5 Å². The van der Waals surface area contributed by atoms with Crippen molar-refractivity contribution in [1.82, 2.24) is 15.2 Å². The zero-order chi connectivity index (χ0) is 14.0. The van der Waals surface area contributed by atoms with E-state index in [2.05, 4.69) is 26.5 Å². The molecule has 1 atom stereocenters. The summed E-state index contributed by atoms with van der Waals surface area (Å²) < 4.78 is 16.3. The third kappa shape index (κ3) is 3.02. The third-order valence-corrected chi connectivity index (χ3v) is 3.68. The average molecular weight is 327 g/mol. The lowest BCUT2D eigenvalue weighted by Crippen LogP contribution is -2.30. The van der Waals surface area contributed by atoms with Gasteiger partial charge in [-0.25, -0.2) is 4.39 Å². The Kier molecular flexibility index (Phi) is 4.34.